The van der Waals surface area contributed by atoms with Crippen molar-refractivity contribution in [1.29, 1.82) is 0 Å². The van der Waals surface area contributed by atoms with Gasteiger partial charge in [0.1, 0.15) is 11.5 Å². The summed E-state index contributed by atoms with van der Waals surface area (Å²) in [6, 6.07) is 3.78. The maximum absolute atomic E-state index is 5.91. The summed E-state index contributed by atoms with van der Waals surface area (Å²) in [6.45, 7) is 3.99. The van der Waals surface area contributed by atoms with E-state index in [0.29, 0.717) is 21.7 Å². The zero-order chi connectivity index (χ0) is 18.8. The van der Waals surface area contributed by atoms with Gasteiger partial charge in [-0.15, -0.1) is 0 Å². The third-order valence-corrected chi connectivity index (χ3v) is 4.07. The second kappa shape index (κ2) is 10.8. The lowest BCUT2D eigenvalue weighted by molar-refractivity contribution is 0.0313. The molecule has 1 saturated heterocycles. The number of morpholine rings is 1. The fourth-order valence-corrected chi connectivity index (χ4v) is 2.20. The number of nitrogens with one attached hydrogen (secondary N) is 4. The molecule has 0 aromatic carbocycles. The molecule has 9 nitrogen and oxygen atoms in total. The summed E-state index contributed by atoms with van der Waals surface area (Å²) in [5.74, 6) is 1.42. The van der Waals surface area contributed by atoms with E-state index in [-0.39, 0.29) is 0 Å². The fraction of sp³-hybridized carbons (Fsp3) is 0.467. The van der Waals surface area contributed by atoms with Crippen LogP contribution >= 0.6 is 24.4 Å². The minimum atomic E-state index is 0.384. The molecule has 2 heterocycles. The van der Waals surface area contributed by atoms with Crippen LogP contribution in [0.5, 0.6) is 0 Å². The molecular formula is C15H23N7O2S2. The van der Waals surface area contributed by atoms with Crippen LogP contribution < -0.4 is 21.5 Å². The van der Waals surface area contributed by atoms with E-state index in [4.69, 9.17) is 33.6 Å². The van der Waals surface area contributed by atoms with E-state index in [1.165, 1.54) is 6.21 Å². The summed E-state index contributed by atoms with van der Waals surface area (Å²) in [4.78, 5) is 2.28. The SMILES string of the molecule is CNC(=S)N/N=C(/C=N/NC(=S)NC)c1ccc(CN2CCOCC2)o1. The lowest BCUT2D eigenvalue weighted by Crippen LogP contribution is -2.35. The van der Waals surface area contributed by atoms with Crippen molar-refractivity contribution < 1.29 is 9.15 Å². The number of hydrogen-bond acceptors (Lipinski definition) is 7. The van der Waals surface area contributed by atoms with Crippen molar-refractivity contribution in [1.82, 2.24) is 26.4 Å². The zero-order valence-electron chi connectivity index (χ0n) is 14.7. The molecule has 0 radical (unpaired) electrons. The van der Waals surface area contributed by atoms with Crippen molar-refractivity contribution in [2.45, 2.75) is 6.54 Å². The first-order valence-corrected chi connectivity index (χ1v) is 8.89. The van der Waals surface area contributed by atoms with Gasteiger partial charge in [-0.25, -0.2) is 0 Å². The molecule has 26 heavy (non-hydrogen) atoms. The molecule has 0 unspecified atom stereocenters. The molecule has 0 bridgehead atoms. The Morgan fingerprint density at radius 1 is 1.15 bits per heavy atom. The van der Waals surface area contributed by atoms with Gasteiger partial charge in [0.15, 0.2) is 16.0 Å². The van der Waals surface area contributed by atoms with E-state index in [9.17, 15) is 0 Å². The second-order valence-electron chi connectivity index (χ2n) is 5.29. The molecule has 4 N–H and O–H groups in total. The van der Waals surface area contributed by atoms with Crippen LogP contribution in [0.1, 0.15) is 11.5 Å². The Balaban J connectivity index is 2.08. The highest BCUT2D eigenvalue weighted by Gasteiger charge is 2.14. The molecule has 1 aliphatic rings. The van der Waals surface area contributed by atoms with E-state index in [1.807, 2.05) is 12.1 Å². The molecule has 0 saturated carbocycles. The molecular weight excluding hydrogens is 374 g/mol. The molecule has 1 aromatic rings. The Labute approximate surface area is 163 Å². The number of rotatable bonds is 6. The topological polar surface area (TPSA) is 98.5 Å². The zero-order valence-corrected chi connectivity index (χ0v) is 16.4. The van der Waals surface area contributed by atoms with Gasteiger partial charge in [-0.1, -0.05) is 0 Å². The van der Waals surface area contributed by atoms with Gasteiger partial charge in [0.25, 0.3) is 0 Å². The van der Waals surface area contributed by atoms with Crippen LogP contribution in [0.2, 0.25) is 0 Å². The number of thiocarbonyl (C=S) groups is 2. The number of nitrogens with zero attached hydrogens (tertiary/aromatic N) is 3. The summed E-state index contributed by atoms with van der Waals surface area (Å²) in [6.07, 6.45) is 1.51. The largest absolute Gasteiger partial charge is 0.458 e. The van der Waals surface area contributed by atoms with Crippen LogP contribution in [-0.4, -0.2) is 67.4 Å². The second-order valence-corrected chi connectivity index (χ2v) is 6.11. The number of ether oxygens (including phenoxy) is 1. The van der Waals surface area contributed by atoms with Crippen molar-refractivity contribution in [3.63, 3.8) is 0 Å². The standard InChI is InChI=1S/C15H23N7O2S2/c1-16-14(25)20-18-9-12(19-21-15(26)17-2)13-4-3-11(24-13)10-22-5-7-23-8-6-22/h3-4,9H,5-8,10H2,1-2H3,(H2,16,20,25)(H2,17,21,26)/b18-9+,19-12-. The molecule has 11 heteroatoms. The maximum Gasteiger partial charge on any atom is 0.186 e. The van der Waals surface area contributed by atoms with Gasteiger partial charge in [0.2, 0.25) is 0 Å². The molecule has 0 amide bonds. The number of furan rings is 1. The fourth-order valence-electron chi connectivity index (χ4n) is 2.10. The Bertz CT molecular complexity index is 669. The Kier molecular flexibility index (Phi) is 8.41. The van der Waals surface area contributed by atoms with E-state index in [2.05, 4.69) is 36.6 Å². The third kappa shape index (κ3) is 6.67. The summed E-state index contributed by atoms with van der Waals surface area (Å²) in [7, 11) is 3.41. The summed E-state index contributed by atoms with van der Waals surface area (Å²) in [5.41, 5.74) is 5.88. The summed E-state index contributed by atoms with van der Waals surface area (Å²) < 4.78 is 11.3. The highest BCUT2D eigenvalue weighted by molar-refractivity contribution is 7.80. The van der Waals surface area contributed by atoms with Crippen molar-refractivity contribution in [3.05, 3.63) is 23.7 Å². The van der Waals surface area contributed by atoms with Gasteiger partial charge in [-0.3, -0.25) is 15.8 Å². The quantitative estimate of drug-likeness (QED) is 0.300. The molecule has 142 valence electrons. The predicted molar refractivity (Wildman–Crippen MR) is 109 cm³/mol. The Morgan fingerprint density at radius 2 is 1.85 bits per heavy atom. The van der Waals surface area contributed by atoms with Crippen LogP contribution in [0.15, 0.2) is 26.8 Å². The van der Waals surface area contributed by atoms with Crippen LogP contribution in [0.25, 0.3) is 0 Å². The van der Waals surface area contributed by atoms with Gasteiger partial charge in [0.05, 0.1) is 26.0 Å². The molecule has 2 rings (SSSR count). The third-order valence-electron chi connectivity index (χ3n) is 3.48. The minimum Gasteiger partial charge on any atom is -0.458 e. The van der Waals surface area contributed by atoms with Crippen LogP contribution in [0.3, 0.4) is 0 Å². The van der Waals surface area contributed by atoms with E-state index in [1.54, 1.807) is 14.1 Å². The number of hydrazone groups is 2. The minimum absolute atomic E-state index is 0.384. The van der Waals surface area contributed by atoms with Crippen LogP contribution in [0, 0.1) is 0 Å². The molecule has 0 aliphatic carbocycles. The molecule has 0 atom stereocenters. The summed E-state index contributed by atoms with van der Waals surface area (Å²) >= 11 is 10.0. The normalized spacial score (nSPS) is 15.7. The Morgan fingerprint density at radius 3 is 2.54 bits per heavy atom. The van der Waals surface area contributed by atoms with Crippen LogP contribution in [-0.2, 0) is 11.3 Å². The van der Waals surface area contributed by atoms with E-state index in [0.717, 1.165) is 38.6 Å². The van der Waals surface area contributed by atoms with Crippen LogP contribution in [0.4, 0.5) is 0 Å². The first kappa shape index (κ1) is 20.2. The van der Waals surface area contributed by atoms with E-state index >= 15 is 0 Å². The van der Waals surface area contributed by atoms with E-state index < -0.39 is 0 Å². The van der Waals surface area contributed by atoms with Gasteiger partial charge < -0.3 is 19.8 Å². The summed E-state index contributed by atoms with van der Waals surface area (Å²) in [5, 5.41) is 14.6. The maximum atomic E-state index is 5.91. The molecule has 1 aliphatic heterocycles. The van der Waals surface area contributed by atoms with Gasteiger partial charge >= 0.3 is 0 Å². The first-order chi connectivity index (χ1) is 12.6. The lowest BCUT2D eigenvalue weighted by atomic mass is 10.3. The average Bonchev–Trinajstić information content (AvgIpc) is 3.12. The van der Waals surface area contributed by atoms with Crippen molar-refractivity contribution in [2.24, 2.45) is 10.2 Å². The van der Waals surface area contributed by atoms with Gasteiger partial charge in [0, 0.05) is 27.2 Å². The smallest absolute Gasteiger partial charge is 0.186 e. The molecule has 1 fully saturated rings. The van der Waals surface area contributed by atoms with Crippen molar-refractivity contribution in [3.8, 4) is 0 Å². The predicted octanol–water partition coefficient (Wildman–Crippen LogP) is -0.0105. The monoisotopic (exact) mass is 397 g/mol. The number of hydrogen-bond donors (Lipinski definition) is 4. The van der Waals surface area contributed by atoms with Gasteiger partial charge in [-0.05, 0) is 36.6 Å². The Hall–Kier alpha value is -2.08. The lowest BCUT2D eigenvalue weighted by Gasteiger charge is -2.25. The first-order valence-electron chi connectivity index (χ1n) is 8.07. The highest BCUT2D eigenvalue weighted by atomic mass is 32.1. The average molecular weight is 398 g/mol. The molecule has 0 spiro atoms. The highest BCUT2D eigenvalue weighted by Crippen LogP contribution is 2.12. The van der Waals surface area contributed by atoms with Crippen molar-refractivity contribution in [2.75, 3.05) is 40.4 Å². The van der Waals surface area contributed by atoms with Crippen molar-refractivity contribution >= 4 is 46.6 Å². The molecule has 1 aromatic heterocycles. The van der Waals surface area contributed by atoms with Gasteiger partial charge in [-0.2, -0.15) is 10.2 Å².